The number of aromatic nitrogens is 3. The molecule has 0 saturated heterocycles. The van der Waals surface area contributed by atoms with Gasteiger partial charge in [0.25, 0.3) is 10.0 Å². The van der Waals surface area contributed by atoms with Gasteiger partial charge in [-0.05, 0) is 49.0 Å². The number of nitriles is 1. The van der Waals surface area contributed by atoms with Crippen molar-refractivity contribution in [3.05, 3.63) is 95.8 Å². The van der Waals surface area contributed by atoms with Crippen LogP contribution in [-0.2, 0) is 23.1 Å². The molecule has 2 N–H and O–H groups in total. The Bertz CT molecular complexity index is 1450. The summed E-state index contributed by atoms with van der Waals surface area (Å²) in [4.78, 5) is 8.04. The number of rotatable bonds is 8. The Morgan fingerprint density at radius 2 is 1.97 bits per heavy atom. The second-order valence-corrected chi connectivity index (χ2v) is 9.24. The van der Waals surface area contributed by atoms with E-state index in [0.29, 0.717) is 29.1 Å². The van der Waals surface area contributed by atoms with E-state index in [1.54, 1.807) is 43.4 Å². The Kier molecular flexibility index (Phi) is 6.67. The normalized spacial score (nSPS) is 11.2. The van der Waals surface area contributed by atoms with Gasteiger partial charge in [0.05, 0.1) is 11.3 Å². The van der Waals surface area contributed by atoms with Crippen molar-refractivity contribution in [3.8, 4) is 17.3 Å². The maximum atomic E-state index is 15.6. The van der Waals surface area contributed by atoms with Crippen molar-refractivity contribution in [2.75, 3.05) is 12.4 Å². The van der Waals surface area contributed by atoms with Gasteiger partial charge in [-0.2, -0.15) is 5.26 Å². The first kappa shape index (κ1) is 23.1. The molecule has 0 spiro atoms. The van der Waals surface area contributed by atoms with Crippen molar-refractivity contribution >= 4 is 15.8 Å². The first-order valence-electron chi connectivity index (χ1n) is 10.3. The summed E-state index contributed by atoms with van der Waals surface area (Å²) in [6.45, 7) is 0.536. The molecule has 0 aliphatic carbocycles. The second kappa shape index (κ2) is 9.82. The fourth-order valence-electron chi connectivity index (χ4n) is 3.47. The van der Waals surface area contributed by atoms with Gasteiger partial charge in [-0.25, -0.2) is 21.8 Å². The minimum Gasteiger partial charge on any atom is -0.366 e. The highest BCUT2D eigenvalue weighted by Crippen LogP contribution is 2.30. The molecule has 3 aromatic heterocycles. The van der Waals surface area contributed by atoms with E-state index < -0.39 is 15.8 Å². The number of anilines is 1. The lowest BCUT2D eigenvalue weighted by molar-refractivity contribution is 0.586. The third-order valence-electron chi connectivity index (χ3n) is 5.12. The van der Waals surface area contributed by atoms with Crippen LogP contribution in [0, 0.1) is 17.1 Å². The Morgan fingerprint density at radius 3 is 2.65 bits per heavy atom. The predicted octanol–water partition coefficient (Wildman–Crippen LogP) is 3.52. The number of hydrogen-bond donors (Lipinski definition) is 2. The summed E-state index contributed by atoms with van der Waals surface area (Å²) >= 11 is 0. The number of nitrogens with one attached hydrogen (secondary N) is 2. The molecule has 0 aliphatic rings. The quantitative estimate of drug-likeness (QED) is 0.400. The van der Waals surface area contributed by atoms with Gasteiger partial charge < -0.3 is 10.6 Å². The highest BCUT2D eigenvalue weighted by molar-refractivity contribution is 7.90. The SMILES string of the molecule is CNCc1cc(-c2cccc(CNc3ccc(C#N)cn3)c2F)n(S(=O)(=O)c2cccnc2)c1. The predicted molar refractivity (Wildman–Crippen MR) is 126 cm³/mol. The fourth-order valence-corrected chi connectivity index (χ4v) is 4.83. The van der Waals surface area contributed by atoms with Gasteiger partial charge >= 0.3 is 0 Å². The highest BCUT2D eigenvalue weighted by Gasteiger charge is 2.24. The Balaban J connectivity index is 1.72. The summed E-state index contributed by atoms with van der Waals surface area (Å²) in [7, 11) is -2.25. The lowest BCUT2D eigenvalue weighted by Crippen LogP contribution is -2.14. The minimum atomic E-state index is -4.00. The molecule has 0 aliphatic heterocycles. The molecule has 8 nitrogen and oxygen atoms in total. The topological polar surface area (TPSA) is 113 Å². The first-order chi connectivity index (χ1) is 16.4. The van der Waals surface area contributed by atoms with Crippen molar-refractivity contribution in [2.24, 2.45) is 0 Å². The molecule has 0 saturated carbocycles. The standard InChI is InChI=1S/C24H21FN6O2S/c1-27-12-18-10-22(31(16-18)34(32,33)20-5-3-9-28-15-20)21-6-2-4-19(24(21)25)14-30-23-8-7-17(11-26)13-29-23/h2-10,13,15-16,27H,12,14H2,1H3,(H,29,30). The van der Waals surface area contributed by atoms with Crippen LogP contribution in [0.25, 0.3) is 11.3 Å². The molecule has 0 unspecified atom stereocenters. The smallest absolute Gasteiger partial charge is 0.269 e. The van der Waals surface area contributed by atoms with E-state index in [1.165, 1.54) is 36.9 Å². The average molecular weight is 477 g/mol. The molecule has 0 fully saturated rings. The van der Waals surface area contributed by atoms with Gasteiger partial charge in [0.2, 0.25) is 0 Å². The fraction of sp³-hybridized carbons (Fsp3) is 0.125. The van der Waals surface area contributed by atoms with Gasteiger partial charge in [-0.15, -0.1) is 0 Å². The maximum Gasteiger partial charge on any atom is 0.269 e. The summed E-state index contributed by atoms with van der Waals surface area (Å²) in [5.74, 6) is -0.0528. The van der Waals surface area contributed by atoms with E-state index in [0.717, 1.165) is 3.97 Å². The molecule has 1 aromatic carbocycles. The largest absolute Gasteiger partial charge is 0.366 e. The van der Waals surface area contributed by atoms with Crippen molar-refractivity contribution in [1.29, 1.82) is 5.26 Å². The number of benzene rings is 1. The Hall–Kier alpha value is -4.07. The van der Waals surface area contributed by atoms with Crippen LogP contribution in [0.15, 0.2) is 78.2 Å². The van der Waals surface area contributed by atoms with Crippen LogP contribution in [-0.4, -0.2) is 29.4 Å². The molecular weight excluding hydrogens is 455 g/mol. The molecule has 0 radical (unpaired) electrons. The summed E-state index contributed by atoms with van der Waals surface area (Å²) in [6.07, 6.45) is 5.66. The van der Waals surface area contributed by atoms with Crippen molar-refractivity contribution in [1.82, 2.24) is 19.3 Å². The van der Waals surface area contributed by atoms with Gasteiger partial charge in [0.15, 0.2) is 0 Å². The molecule has 172 valence electrons. The Morgan fingerprint density at radius 1 is 1.12 bits per heavy atom. The number of pyridine rings is 2. The summed E-state index contributed by atoms with van der Waals surface area (Å²) < 4.78 is 43.4. The lowest BCUT2D eigenvalue weighted by atomic mass is 10.1. The van der Waals surface area contributed by atoms with Crippen LogP contribution in [0.5, 0.6) is 0 Å². The zero-order chi connectivity index (χ0) is 24.1. The third-order valence-corrected chi connectivity index (χ3v) is 6.78. The first-order valence-corrected chi connectivity index (χ1v) is 11.8. The molecule has 0 bridgehead atoms. The average Bonchev–Trinajstić information content (AvgIpc) is 3.29. The molecular formula is C24H21FN6O2S. The summed E-state index contributed by atoms with van der Waals surface area (Å²) in [6, 6.07) is 14.7. The lowest BCUT2D eigenvalue weighted by Gasteiger charge is -2.13. The van der Waals surface area contributed by atoms with Crippen LogP contribution in [0.4, 0.5) is 10.2 Å². The van der Waals surface area contributed by atoms with Gasteiger partial charge in [-0.1, -0.05) is 12.1 Å². The van der Waals surface area contributed by atoms with Crippen molar-refractivity contribution < 1.29 is 12.8 Å². The molecule has 0 atom stereocenters. The molecule has 10 heteroatoms. The van der Waals surface area contributed by atoms with E-state index in [1.807, 2.05) is 6.07 Å². The number of halogens is 1. The van der Waals surface area contributed by atoms with Crippen molar-refractivity contribution in [3.63, 3.8) is 0 Å². The van der Waals surface area contributed by atoms with Crippen molar-refractivity contribution in [2.45, 2.75) is 18.0 Å². The van der Waals surface area contributed by atoms with E-state index >= 15 is 4.39 Å². The second-order valence-electron chi connectivity index (χ2n) is 7.43. The maximum absolute atomic E-state index is 15.6. The number of nitrogens with zero attached hydrogens (tertiary/aromatic N) is 4. The Labute approximate surface area is 196 Å². The van der Waals surface area contributed by atoms with E-state index in [-0.39, 0.29) is 22.7 Å². The van der Waals surface area contributed by atoms with E-state index in [2.05, 4.69) is 20.6 Å². The van der Waals surface area contributed by atoms with Crippen LogP contribution in [0.3, 0.4) is 0 Å². The minimum absolute atomic E-state index is 0.00739. The number of hydrogen-bond acceptors (Lipinski definition) is 7. The molecule has 34 heavy (non-hydrogen) atoms. The molecule has 3 heterocycles. The molecule has 4 rings (SSSR count). The molecule has 0 amide bonds. The van der Waals surface area contributed by atoms with Crippen LogP contribution >= 0.6 is 0 Å². The third kappa shape index (κ3) is 4.66. The van der Waals surface area contributed by atoms with Gasteiger partial charge in [0.1, 0.15) is 22.6 Å². The van der Waals surface area contributed by atoms with Gasteiger partial charge in [-0.3, -0.25) is 4.98 Å². The summed E-state index contributed by atoms with van der Waals surface area (Å²) in [5.41, 5.74) is 1.82. The highest BCUT2D eigenvalue weighted by atomic mass is 32.2. The monoisotopic (exact) mass is 476 g/mol. The van der Waals surface area contributed by atoms with Crippen LogP contribution < -0.4 is 10.6 Å². The van der Waals surface area contributed by atoms with E-state index in [4.69, 9.17) is 5.26 Å². The van der Waals surface area contributed by atoms with E-state index in [9.17, 15) is 8.42 Å². The van der Waals surface area contributed by atoms with Crippen LogP contribution in [0.1, 0.15) is 16.7 Å². The van der Waals surface area contributed by atoms with Crippen LogP contribution in [0.2, 0.25) is 0 Å². The zero-order valence-electron chi connectivity index (χ0n) is 18.2. The summed E-state index contributed by atoms with van der Waals surface area (Å²) in [5, 5.41) is 14.9. The molecule has 4 aromatic rings. The zero-order valence-corrected chi connectivity index (χ0v) is 19.1. The van der Waals surface area contributed by atoms with Gasteiger partial charge in [0, 0.05) is 49.0 Å².